The first-order valence-corrected chi connectivity index (χ1v) is 5.13. The molecule has 1 unspecified atom stereocenters. The molecule has 0 spiro atoms. The van der Waals surface area contributed by atoms with Crippen LogP contribution >= 0.6 is 8.38 Å². The van der Waals surface area contributed by atoms with E-state index in [1.807, 2.05) is 19.1 Å². The highest BCUT2D eigenvalue weighted by atomic mass is 31.2. The Kier molecular flexibility index (Phi) is 3.25. The predicted octanol–water partition coefficient (Wildman–Crippen LogP) is 1.66. The van der Waals surface area contributed by atoms with Gasteiger partial charge in [-0.25, -0.2) is 0 Å². The lowest BCUT2D eigenvalue weighted by Gasteiger charge is -2.15. The Morgan fingerprint density at radius 3 is 2.36 bits per heavy atom. The zero-order chi connectivity index (χ0) is 8.27. The van der Waals surface area contributed by atoms with Gasteiger partial charge in [-0.1, -0.05) is 31.2 Å². The SMILES string of the molecule is CC(CP(O)O)C1C=CC=C1. The molecule has 0 aromatic rings. The number of hydrogen-bond acceptors (Lipinski definition) is 2. The minimum atomic E-state index is -1.72. The van der Waals surface area contributed by atoms with E-state index in [1.165, 1.54) is 0 Å². The number of rotatable bonds is 3. The van der Waals surface area contributed by atoms with Crippen LogP contribution in [0.5, 0.6) is 0 Å². The summed E-state index contributed by atoms with van der Waals surface area (Å²) >= 11 is 0. The van der Waals surface area contributed by atoms with E-state index in [0.29, 0.717) is 18.0 Å². The van der Waals surface area contributed by atoms with Crippen molar-refractivity contribution in [2.24, 2.45) is 11.8 Å². The van der Waals surface area contributed by atoms with Gasteiger partial charge < -0.3 is 9.79 Å². The maximum Gasteiger partial charge on any atom is 0.165 e. The molecule has 0 saturated carbocycles. The Morgan fingerprint density at radius 1 is 1.36 bits per heavy atom. The van der Waals surface area contributed by atoms with Gasteiger partial charge in [0.05, 0.1) is 0 Å². The Balaban J connectivity index is 2.35. The van der Waals surface area contributed by atoms with E-state index < -0.39 is 8.38 Å². The minimum absolute atomic E-state index is 0.339. The Hall–Kier alpha value is -0.170. The molecule has 1 aliphatic rings. The first-order valence-electron chi connectivity index (χ1n) is 3.70. The number of allylic oxidation sites excluding steroid dienone is 4. The lowest BCUT2D eigenvalue weighted by molar-refractivity contribution is 0.454. The molecular formula is C8H13O2P. The van der Waals surface area contributed by atoms with Crippen LogP contribution in [0.3, 0.4) is 0 Å². The molecule has 1 atom stereocenters. The van der Waals surface area contributed by atoms with Crippen LogP contribution in [0.4, 0.5) is 0 Å². The predicted molar refractivity (Wildman–Crippen MR) is 47.2 cm³/mol. The van der Waals surface area contributed by atoms with Gasteiger partial charge in [0.1, 0.15) is 0 Å². The molecule has 0 radical (unpaired) electrons. The van der Waals surface area contributed by atoms with Crippen molar-refractivity contribution in [3.05, 3.63) is 24.3 Å². The summed E-state index contributed by atoms with van der Waals surface area (Å²) in [4.78, 5) is 17.5. The molecule has 0 bridgehead atoms. The van der Waals surface area contributed by atoms with Crippen LogP contribution in [0.15, 0.2) is 24.3 Å². The van der Waals surface area contributed by atoms with Crippen molar-refractivity contribution >= 4 is 8.38 Å². The standard InChI is InChI=1S/C8H13O2P/c1-7(6-11(9)10)8-4-2-3-5-8/h2-5,7-10H,6H2,1H3. The molecule has 0 heterocycles. The van der Waals surface area contributed by atoms with Gasteiger partial charge in [0, 0.05) is 6.16 Å². The molecule has 0 saturated heterocycles. The van der Waals surface area contributed by atoms with E-state index >= 15 is 0 Å². The summed E-state index contributed by atoms with van der Waals surface area (Å²) in [6.45, 7) is 2.03. The van der Waals surface area contributed by atoms with Crippen LogP contribution in [0.25, 0.3) is 0 Å². The third-order valence-electron chi connectivity index (χ3n) is 1.89. The Labute approximate surface area is 68.2 Å². The first kappa shape index (κ1) is 8.92. The van der Waals surface area contributed by atoms with Crippen LogP contribution in [-0.4, -0.2) is 15.9 Å². The fourth-order valence-corrected chi connectivity index (χ4v) is 1.97. The van der Waals surface area contributed by atoms with E-state index in [9.17, 15) is 0 Å². The van der Waals surface area contributed by atoms with Crippen LogP contribution in [0, 0.1) is 11.8 Å². The molecule has 0 aromatic carbocycles. The van der Waals surface area contributed by atoms with Gasteiger partial charge in [-0.3, -0.25) is 0 Å². The minimum Gasteiger partial charge on any atom is -0.350 e. The third kappa shape index (κ3) is 2.74. The Morgan fingerprint density at radius 2 is 1.91 bits per heavy atom. The van der Waals surface area contributed by atoms with Gasteiger partial charge in [0.2, 0.25) is 0 Å². The second-order valence-electron chi connectivity index (χ2n) is 2.88. The normalized spacial score (nSPS) is 20.0. The maximum absolute atomic E-state index is 8.76. The fraction of sp³-hybridized carbons (Fsp3) is 0.500. The highest BCUT2D eigenvalue weighted by molar-refractivity contribution is 7.45. The van der Waals surface area contributed by atoms with E-state index in [-0.39, 0.29) is 0 Å². The van der Waals surface area contributed by atoms with E-state index in [0.717, 1.165) is 0 Å². The van der Waals surface area contributed by atoms with E-state index in [2.05, 4.69) is 12.2 Å². The zero-order valence-electron chi connectivity index (χ0n) is 6.51. The largest absolute Gasteiger partial charge is 0.350 e. The average molecular weight is 172 g/mol. The van der Waals surface area contributed by atoms with Gasteiger partial charge in [0.15, 0.2) is 8.38 Å². The molecule has 0 aromatic heterocycles. The molecule has 62 valence electrons. The summed E-state index contributed by atoms with van der Waals surface area (Å²) in [5, 5.41) is 0. The summed E-state index contributed by atoms with van der Waals surface area (Å²) in [7, 11) is -1.72. The maximum atomic E-state index is 8.76. The van der Waals surface area contributed by atoms with Gasteiger partial charge >= 0.3 is 0 Å². The van der Waals surface area contributed by atoms with Gasteiger partial charge in [-0.15, -0.1) is 0 Å². The number of hydrogen-bond donors (Lipinski definition) is 2. The summed E-state index contributed by atoms with van der Waals surface area (Å²) in [6.07, 6.45) is 8.68. The van der Waals surface area contributed by atoms with Crippen LogP contribution in [0.2, 0.25) is 0 Å². The smallest absolute Gasteiger partial charge is 0.165 e. The summed E-state index contributed by atoms with van der Waals surface area (Å²) in [5.41, 5.74) is 0. The quantitative estimate of drug-likeness (QED) is 0.635. The highest BCUT2D eigenvalue weighted by Crippen LogP contribution is 2.31. The first-order chi connectivity index (χ1) is 5.20. The molecule has 0 amide bonds. The Bertz CT molecular complexity index is 163. The molecule has 3 heteroatoms. The van der Waals surface area contributed by atoms with E-state index in [1.54, 1.807) is 0 Å². The van der Waals surface area contributed by atoms with Crippen molar-refractivity contribution in [1.82, 2.24) is 0 Å². The van der Waals surface area contributed by atoms with Crippen LogP contribution in [-0.2, 0) is 0 Å². The van der Waals surface area contributed by atoms with E-state index in [4.69, 9.17) is 9.79 Å². The van der Waals surface area contributed by atoms with Crippen molar-refractivity contribution in [3.8, 4) is 0 Å². The van der Waals surface area contributed by atoms with Gasteiger partial charge in [0.25, 0.3) is 0 Å². The molecular weight excluding hydrogens is 159 g/mol. The molecule has 11 heavy (non-hydrogen) atoms. The summed E-state index contributed by atoms with van der Waals surface area (Å²) < 4.78 is 0. The molecule has 1 rings (SSSR count). The summed E-state index contributed by atoms with van der Waals surface area (Å²) in [6, 6.07) is 0. The molecule has 2 N–H and O–H groups in total. The van der Waals surface area contributed by atoms with Crippen molar-refractivity contribution < 1.29 is 9.79 Å². The molecule has 0 fully saturated rings. The van der Waals surface area contributed by atoms with Crippen LogP contribution < -0.4 is 0 Å². The average Bonchev–Trinajstić information content (AvgIpc) is 2.35. The lowest BCUT2D eigenvalue weighted by Crippen LogP contribution is -2.08. The second kappa shape index (κ2) is 4.01. The monoisotopic (exact) mass is 172 g/mol. The topological polar surface area (TPSA) is 40.5 Å². The molecule has 2 nitrogen and oxygen atoms in total. The van der Waals surface area contributed by atoms with Gasteiger partial charge in [-0.05, 0) is 11.8 Å². The van der Waals surface area contributed by atoms with Crippen LogP contribution in [0.1, 0.15) is 6.92 Å². The third-order valence-corrected chi connectivity index (χ3v) is 2.79. The lowest BCUT2D eigenvalue weighted by atomic mass is 9.98. The molecule has 1 aliphatic carbocycles. The van der Waals surface area contributed by atoms with Crippen molar-refractivity contribution in [2.45, 2.75) is 6.92 Å². The zero-order valence-corrected chi connectivity index (χ0v) is 7.41. The van der Waals surface area contributed by atoms with Crippen molar-refractivity contribution in [1.29, 1.82) is 0 Å². The summed E-state index contributed by atoms with van der Waals surface area (Å²) in [5.74, 6) is 0.741. The van der Waals surface area contributed by atoms with Gasteiger partial charge in [-0.2, -0.15) is 0 Å². The molecule has 0 aliphatic heterocycles. The fourth-order valence-electron chi connectivity index (χ4n) is 1.21. The highest BCUT2D eigenvalue weighted by Gasteiger charge is 2.16. The van der Waals surface area contributed by atoms with Crippen molar-refractivity contribution in [3.63, 3.8) is 0 Å². The van der Waals surface area contributed by atoms with Crippen molar-refractivity contribution in [2.75, 3.05) is 6.16 Å². The second-order valence-corrected chi connectivity index (χ2v) is 3.99.